The zero-order valence-corrected chi connectivity index (χ0v) is 13.0. The van der Waals surface area contributed by atoms with Gasteiger partial charge in [0.05, 0.1) is 7.11 Å². The third kappa shape index (κ3) is 3.78. The molecule has 112 valence electrons. The van der Waals surface area contributed by atoms with Crippen LogP contribution in [0.15, 0.2) is 48.5 Å². The molecule has 1 N–H and O–H groups in total. The zero-order chi connectivity index (χ0) is 15.2. The molecule has 0 saturated heterocycles. The number of rotatable bonds is 6. The fourth-order valence-electron chi connectivity index (χ4n) is 2.83. The lowest BCUT2D eigenvalue weighted by Gasteiger charge is -2.21. The van der Waals surface area contributed by atoms with Crippen LogP contribution in [-0.2, 0) is 0 Å². The van der Waals surface area contributed by atoms with Crippen LogP contribution in [0.3, 0.4) is 0 Å². The number of phenolic OH excluding ortho intramolecular Hbond substituents is 1. The summed E-state index contributed by atoms with van der Waals surface area (Å²) in [4.78, 5) is 0. The van der Waals surface area contributed by atoms with Crippen molar-refractivity contribution in [2.24, 2.45) is 0 Å². The standard InChI is InChI=1S/C19H24O2/c1-4-15(16-8-6-5-7-9-16)12-14(2)17-10-11-18(20)19(13-17)21-3/h5-11,13-15,20H,4,12H2,1-3H3. The van der Waals surface area contributed by atoms with E-state index in [1.807, 2.05) is 12.1 Å². The Morgan fingerprint density at radius 2 is 1.76 bits per heavy atom. The first-order valence-corrected chi connectivity index (χ1v) is 7.57. The largest absolute Gasteiger partial charge is 0.504 e. The zero-order valence-electron chi connectivity index (χ0n) is 13.0. The van der Waals surface area contributed by atoms with E-state index in [1.165, 1.54) is 11.1 Å². The van der Waals surface area contributed by atoms with Crippen LogP contribution in [0.25, 0.3) is 0 Å². The molecule has 2 rings (SSSR count). The van der Waals surface area contributed by atoms with Gasteiger partial charge >= 0.3 is 0 Å². The van der Waals surface area contributed by atoms with Crippen molar-refractivity contribution in [1.29, 1.82) is 0 Å². The van der Waals surface area contributed by atoms with Crippen molar-refractivity contribution < 1.29 is 9.84 Å². The van der Waals surface area contributed by atoms with E-state index in [0.29, 0.717) is 17.6 Å². The van der Waals surface area contributed by atoms with E-state index in [0.717, 1.165) is 12.8 Å². The molecule has 2 nitrogen and oxygen atoms in total. The summed E-state index contributed by atoms with van der Waals surface area (Å²) in [5, 5.41) is 9.70. The van der Waals surface area contributed by atoms with Crippen LogP contribution in [0.2, 0.25) is 0 Å². The molecule has 0 aromatic heterocycles. The fraction of sp³-hybridized carbons (Fsp3) is 0.368. The van der Waals surface area contributed by atoms with Gasteiger partial charge in [0.2, 0.25) is 0 Å². The highest BCUT2D eigenvalue weighted by Crippen LogP contribution is 2.35. The van der Waals surface area contributed by atoms with Crippen LogP contribution in [0.4, 0.5) is 0 Å². The average Bonchev–Trinajstić information content (AvgIpc) is 2.53. The van der Waals surface area contributed by atoms with Crippen molar-refractivity contribution in [1.82, 2.24) is 0 Å². The SMILES string of the molecule is CCC(CC(C)c1ccc(O)c(OC)c1)c1ccccc1. The quantitative estimate of drug-likeness (QED) is 0.800. The molecule has 0 aliphatic rings. The average molecular weight is 284 g/mol. The van der Waals surface area contributed by atoms with Crippen LogP contribution in [0, 0.1) is 0 Å². The molecule has 0 heterocycles. The molecule has 21 heavy (non-hydrogen) atoms. The Labute approximate surface area is 127 Å². The van der Waals surface area contributed by atoms with Crippen molar-refractivity contribution in [3.63, 3.8) is 0 Å². The van der Waals surface area contributed by atoms with E-state index in [1.54, 1.807) is 13.2 Å². The van der Waals surface area contributed by atoms with Crippen molar-refractivity contribution >= 4 is 0 Å². The summed E-state index contributed by atoms with van der Waals surface area (Å²) in [6.45, 7) is 4.47. The van der Waals surface area contributed by atoms with E-state index < -0.39 is 0 Å². The number of hydrogen-bond acceptors (Lipinski definition) is 2. The third-order valence-electron chi connectivity index (χ3n) is 4.17. The lowest BCUT2D eigenvalue weighted by atomic mass is 9.84. The summed E-state index contributed by atoms with van der Waals surface area (Å²) in [5.41, 5.74) is 2.61. The number of phenols is 1. The maximum absolute atomic E-state index is 9.70. The summed E-state index contributed by atoms with van der Waals surface area (Å²) in [7, 11) is 1.59. The molecule has 0 bridgehead atoms. The molecule has 0 amide bonds. The van der Waals surface area contributed by atoms with Crippen molar-refractivity contribution in [3.05, 3.63) is 59.7 Å². The minimum atomic E-state index is 0.198. The molecule has 0 aliphatic heterocycles. The lowest BCUT2D eigenvalue weighted by molar-refractivity contribution is 0.372. The highest BCUT2D eigenvalue weighted by molar-refractivity contribution is 5.42. The first kappa shape index (κ1) is 15.4. The predicted octanol–water partition coefficient (Wildman–Crippen LogP) is 5.09. The van der Waals surface area contributed by atoms with Gasteiger partial charge in [-0.1, -0.05) is 50.2 Å². The van der Waals surface area contributed by atoms with Gasteiger partial charge in [-0.25, -0.2) is 0 Å². The van der Waals surface area contributed by atoms with Gasteiger partial charge < -0.3 is 9.84 Å². The number of benzene rings is 2. The molecule has 0 aliphatic carbocycles. The molecular formula is C19H24O2. The second-order valence-electron chi connectivity index (χ2n) is 5.58. The fourth-order valence-corrected chi connectivity index (χ4v) is 2.83. The van der Waals surface area contributed by atoms with Gasteiger partial charge in [-0.3, -0.25) is 0 Å². The van der Waals surface area contributed by atoms with Gasteiger partial charge in [-0.05, 0) is 47.9 Å². The minimum absolute atomic E-state index is 0.198. The number of aromatic hydroxyl groups is 1. The Hall–Kier alpha value is -1.96. The smallest absolute Gasteiger partial charge is 0.160 e. The normalized spacial score (nSPS) is 13.7. The van der Waals surface area contributed by atoms with Gasteiger partial charge in [-0.2, -0.15) is 0 Å². The molecule has 2 unspecified atom stereocenters. The maximum Gasteiger partial charge on any atom is 0.160 e. The van der Waals surface area contributed by atoms with Crippen LogP contribution in [-0.4, -0.2) is 12.2 Å². The van der Waals surface area contributed by atoms with Crippen molar-refractivity contribution in [3.8, 4) is 11.5 Å². The second-order valence-corrected chi connectivity index (χ2v) is 5.58. The Kier molecular flexibility index (Phi) is 5.26. The van der Waals surface area contributed by atoms with Gasteiger partial charge in [0, 0.05) is 0 Å². The van der Waals surface area contributed by atoms with Crippen LogP contribution >= 0.6 is 0 Å². The molecular weight excluding hydrogens is 260 g/mol. The highest BCUT2D eigenvalue weighted by atomic mass is 16.5. The molecule has 2 aromatic rings. The molecule has 0 fully saturated rings. The van der Waals surface area contributed by atoms with Crippen LogP contribution in [0.5, 0.6) is 11.5 Å². The van der Waals surface area contributed by atoms with E-state index in [-0.39, 0.29) is 5.75 Å². The molecule has 0 radical (unpaired) electrons. The van der Waals surface area contributed by atoms with Crippen LogP contribution < -0.4 is 4.74 Å². The van der Waals surface area contributed by atoms with E-state index >= 15 is 0 Å². The van der Waals surface area contributed by atoms with Gasteiger partial charge in [0.1, 0.15) is 0 Å². The Balaban J connectivity index is 2.14. The number of ether oxygens (including phenoxy) is 1. The minimum Gasteiger partial charge on any atom is -0.504 e. The lowest BCUT2D eigenvalue weighted by Crippen LogP contribution is -2.04. The molecule has 2 heteroatoms. The third-order valence-corrected chi connectivity index (χ3v) is 4.17. The predicted molar refractivity (Wildman–Crippen MR) is 87.2 cm³/mol. The topological polar surface area (TPSA) is 29.5 Å². The summed E-state index contributed by atoms with van der Waals surface area (Å²) in [6.07, 6.45) is 2.22. The summed E-state index contributed by atoms with van der Waals surface area (Å²) < 4.78 is 5.20. The number of methoxy groups -OCH3 is 1. The summed E-state index contributed by atoms with van der Waals surface area (Å²) >= 11 is 0. The Morgan fingerprint density at radius 3 is 2.38 bits per heavy atom. The molecule has 2 atom stereocenters. The first-order valence-electron chi connectivity index (χ1n) is 7.57. The summed E-state index contributed by atoms with van der Waals surface area (Å²) in [6, 6.07) is 16.3. The van der Waals surface area contributed by atoms with E-state index in [4.69, 9.17) is 4.74 Å². The van der Waals surface area contributed by atoms with Crippen molar-refractivity contribution in [2.45, 2.75) is 38.5 Å². The molecule has 0 spiro atoms. The van der Waals surface area contributed by atoms with E-state index in [9.17, 15) is 5.11 Å². The molecule has 0 saturated carbocycles. The monoisotopic (exact) mass is 284 g/mol. The Morgan fingerprint density at radius 1 is 1.05 bits per heavy atom. The van der Waals surface area contributed by atoms with E-state index in [2.05, 4.69) is 44.2 Å². The van der Waals surface area contributed by atoms with Gasteiger partial charge in [-0.15, -0.1) is 0 Å². The first-order chi connectivity index (χ1) is 10.2. The highest BCUT2D eigenvalue weighted by Gasteiger charge is 2.16. The maximum atomic E-state index is 9.70. The number of hydrogen-bond donors (Lipinski definition) is 1. The van der Waals surface area contributed by atoms with Crippen molar-refractivity contribution in [2.75, 3.05) is 7.11 Å². The Bertz CT molecular complexity index is 563. The van der Waals surface area contributed by atoms with Crippen LogP contribution in [0.1, 0.15) is 49.7 Å². The van der Waals surface area contributed by atoms with Gasteiger partial charge in [0.15, 0.2) is 11.5 Å². The molecule has 2 aromatic carbocycles. The summed E-state index contributed by atoms with van der Waals surface area (Å²) in [5.74, 6) is 1.72. The van der Waals surface area contributed by atoms with Gasteiger partial charge in [0.25, 0.3) is 0 Å². The second kappa shape index (κ2) is 7.16.